The molecule has 0 aliphatic carbocycles. The molecule has 24 heavy (non-hydrogen) atoms. The highest BCUT2D eigenvalue weighted by atomic mass is 16.5. The van der Waals surface area contributed by atoms with Crippen LogP contribution in [0.25, 0.3) is 0 Å². The Morgan fingerprint density at radius 2 is 2.29 bits per heavy atom. The Hall–Kier alpha value is -2.50. The smallest absolute Gasteiger partial charge is 0.258 e. The molecule has 1 N–H and O–H groups in total. The lowest BCUT2D eigenvalue weighted by Crippen LogP contribution is -2.13. The average Bonchev–Trinajstić information content (AvgIpc) is 3.13. The number of ether oxygens (including phenoxy) is 2. The zero-order valence-electron chi connectivity index (χ0n) is 14.5. The monoisotopic (exact) mass is 329 g/mol. The number of fused-ring (bicyclic) bond motifs is 1. The van der Waals surface area contributed by atoms with Crippen LogP contribution >= 0.6 is 0 Å². The summed E-state index contributed by atoms with van der Waals surface area (Å²) in [4.78, 5) is 12.5. The first-order valence-corrected chi connectivity index (χ1v) is 8.29. The van der Waals surface area contributed by atoms with Crippen LogP contribution in [0.15, 0.2) is 24.5 Å². The lowest BCUT2D eigenvalue weighted by Gasteiger charge is -2.13. The van der Waals surface area contributed by atoms with E-state index >= 15 is 0 Å². The molecule has 2 aromatic rings. The number of anilines is 1. The molecule has 0 fully saturated rings. The van der Waals surface area contributed by atoms with Gasteiger partial charge in [0.2, 0.25) is 0 Å². The summed E-state index contributed by atoms with van der Waals surface area (Å²) in [6, 6.07) is 4.00. The Balaban J connectivity index is 1.85. The molecule has 128 valence electrons. The van der Waals surface area contributed by atoms with Crippen LogP contribution in [0, 0.1) is 0 Å². The second-order valence-corrected chi connectivity index (χ2v) is 6.28. The minimum absolute atomic E-state index is 0.143. The highest BCUT2D eigenvalue weighted by molar-refractivity contribution is 6.04. The van der Waals surface area contributed by atoms with Gasteiger partial charge in [-0.05, 0) is 33.8 Å². The first-order valence-electron chi connectivity index (χ1n) is 8.29. The van der Waals surface area contributed by atoms with Crippen LogP contribution < -0.4 is 14.8 Å². The number of nitrogens with one attached hydrogen (secondary N) is 1. The number of benzene rings is 1. The van der Waals surface area contributed by atoms with Gasteiger partial charge in [-0.2, -0.15) is 5.10 Å². The predicted octanol–water partition coefficient (Wildman–Crippen LogP) is 3.44. The molecule has 1 aromatic carbocycles. The van der Waals surface area contributed by atoms with Gasteiger partial charge < -0.3 is 14.8 Å². The Morgan fingerprint density at radius 1 is 1.50 bits per heavy atom. The highest BCUT2D eigenvalue weighted by Gasteiger charge is 2.23. The number of hydrogen-bond acceptors (Lipinski definition) is 4. The number of carbonyl (C=O) groups is 1. The molecule has 3 rings (SSSR count). The number of hydrogen-bond donors (Lipinski definition) is 1. The van der Waals surface area contributed by atoms with E-state index in [0.29, 0.717) is 23.6 Å². The van der Waals surface area contributed by atoms with E-state index in [-0.39, 0.29) is 18.1 Å². The van der Waals surface area contributed by atoms with Crippen molar-refractivity contribution in [2.24, 2.45) is 0 Å². The lowest BCUT2D eigenvalue weighted by molar-refractivity contribution is 0.102. The molecule has 1 amide bonds. The van der Waals surface area contributed by atoms with E-state index in [1.807, 2.05) is 39.8 Å². The fourth-order valence-electron chi connectivity index (χ4n) is 2.74. The first-order chi connectivity index (χ1) is 11.5. The summed E-state index contributed by atoms with van der Waals surface area (Å²) in [5.41, 5.74) is 2.24. The van der Waals surface area contributed by atoms with Gasteiger partial charge in [-0.3, -0.25) is 9.48 Å². The average molecular weight is 329 g/mol. The van der Waals surface area contributed by atoms with Crippen LogP contribution in [0.3, 0.4) is 0 Å². The van der Waals surface area contributed by atoms with Crippen LogP contribution in [-0.2, 0) is 6.42 Å². The van der Waals surface area contributed by atoms with Crippen molar-refractivity contribution < 1.29 is 14.3 Å². The molecule has 1 atom stereocenters. The van der Waals surface area contributed by atoms with Crippen LogP contribution in [0.1, 0.15) is 49.7 Å². The molecule has 0 saturated heterocycles. The SMILES string of the molecule is CCOc1cc2c(cc1NC(=O)c1cnn(C(C)C)c1)O[C@@H](C)C2. The van der Waals surface area contributed by atoms with Gasteiger partial charge in [-0.15, -0.1) is 0 Å². The Labute approximate surface area is 141 Å². The van der Waals surface area contributed by atoms with Crippen molar-refractivity contribution in [3.63, 3.8) is 0 Å². The van der Waals surface area contributed by atoms with E-state index in [1.54, 1.807) is 17.1 Å². The summed E-state index contributed by atoms with van der Waals surface area (Å²) in [5.74, 6) is 1.26. The van der Waals surface area contributed by atoms with Gasteiger partial charge in [-0.1, -0.05) is 0 Å². The van der Waals surface area contributed by atoms with E-state index < -0.39 is 0 Å². The molecule has 0 bridgehead atoms. The maximum atomic E-state index is 12.5. The van der Waals surface area contributed by atoms with Crippen molar-refractivity contribution in [2.75, 3.05) is 11.9 Å². The molecule has 0 radical (unpaired) electrons. The van der Waals surface area contributed by atoms with Crippen LogP contribution in [0.4, 0.5) is 5.69 Å². The fourth-order valence-corrected chi connectivity index (χ4v) is 2.74. The molecule has 0 spiro atoms. The second-order valence-electron chi connectivity index (χ2n) is 6.28. The van der Waals surface area contributed by atoms with Crippen molar-refractivity contribution in [3.05, 3.63) is 35.7 Å². The van der Waals surface area contributed by atoms with E-state index in [2.05, 4.69) is 10.4 Å². The summed E-state index contributed by atoms with van der Waals surface area (Å²) >= 11 is 0. The number of aromatic nitrogens is 2. The molecule has 1 aliphatic heterocycles. The molecular formula is C18H23N3O3. The van der Waals surface area contributed by atoms with Crippen LogP contribution in [0.2, 0.25) is 0 Å². The molecule has 0 saturated carbocycles. The van der Waals surface area contributed by atoms with Crippen LogP contribution in [-0.4, -0.2) is 28.4 Å². The van der Waals surface area contributed by atoms with Gasteiger partial charge in [0, 0.05) is 30.3 Å². The van der Waals surface area contributed by atoms with Crippen molar-refractivity contribution in [2.45, 2.75) is 46.3 Å². The molecular weight excluding hydrogens is 306 g/mol. The maximum absolute atomic E-state index is 12.5. The van der Waals surface area contributed by atoms with Gasteiger partial charge in [0.05, 0.1) is 24.1 Å². The predicted molar refractivity (Wildman–Crippen MR) is 92.0 cm³/mol. The third-order valence-corrected chi connectivity index (χ3v) is 3.94. The Morgan fingerprint density at radius 3 is 2.96 bits per heavy atom. The van der Waals surface area contributed by atoms with Gasteiger partial charge in [0.1, 0.15) is 17.6 Å². The minimum atomic E-state index is -0.214. The molecule has 1 aliphatic rings. The summed E-state index contributed by atoms with van der Waals surface area (Å²) < 4.78 is 13.2. The summed E-state index contributed by atoms with van der Waals surface area (Å²) in [6.45, 7) is 8.51. The zero-order valence-corrected chi connectivity index (χ0v) is 14.5. The van der Waals surface area contributed by atoms with E-state index in [9.17, 15) is 4.79 Å². The topological polar surface area (TPSA) is 65.4 Å². The number of rotatable bonds is 5. The second kappa shape index (κ2) is 6.55. The standard InChI is InChI=1S/C18H23N3O3/c1-5-23-17-7-13-6-12(4)24-16(13)8-15(17)20-18(22)14-9-19-21(10-14)11(2)3/h7-12H,5-6H2,1-4H3,(H,20,22)/t12-/m0/s1. The van der Waals surface area contributed by atoms with Gasteiger partial charge in [0.15, 0.2) is 0 Å². The fraction of sp³-hybridized carbons (Fsp3) is 0.444. The van der Waals surface area contributed by atoms with Crippen molar-refractivity contribution in [3.8, 4) is 11.5 Å². The number of amides is 1. The molecule has 2 heterocycles. The molecule has 6 heteroatoms. The van der Waals surface area contributed by atoms with E-state index in [1.165, 1.54) is 0 Å². The quantitative estimate of drug-likeness (QED) is 0.912. The lowest BCUT2D eigenvalue weighted by atomic mass is 10.1. The summed E-state index contributed by atoms with van der Waals surface area (Å²) in [6.07, 6.45) is 4.31. The third kappa shape index (κ3) is 3.22. The van der Waals surface area contributed by atoms with Crippen molar-refractivity contribution in [1.29, 1.82) is 0 Å². The Kier molecular flexibility index (Phi) is 4.46. The minimum Gasteiger partial charge on any atom is -0.492 e. The molecule has 6 nitrogen and oxygen atoms in total. The maximum Gasteiger partial charge on any atom is 0.258 e. The highest BCUT2D eigenvalue weighted by Crippen LogP contribution is 2.38. The van der Waals surface area contributed by atoms with E-state index in [0.717, 1.165) is 17.7 Å². The third-order valence-electron chi connectivity index (χ3n) is 3.94. The van der Waals surface area contributed by atoms with Gasteiger partial charge >= 0.3 is 0 Å². The van der Waals surface area contributed by atoms with Crippen LogP contribution in [0.5, 0.6) is 11.5 Å². The number of carbonyl (C=O) groups excluding carboxylic acids is 1. The Bertz CT molecular complexity index is 752. The first kappa shape index (κ1) is 16.4. The largest absolute Gasteiger partial charge is 0.492 e. The van der Waals surface area contributed by atoms with Gasteiger partial charge in [-0.25, -0.2) is 0 Å². The summed E-state index contributed by atoms with van der Waals surface area (Å²) in [5, 5.41) is 7.12. The summed E-state index contributed by atoms with van der Waals surface area (Å²) in [7, 11) is 0. The number of nitrogens with zero attached hydrogens (tertiary/aromatic N) is 2. The normalized spacial score (nSPS) is 16.0. The van der Waals surface area contributed by atoms with Crippen molar-refractivity contribution in [1.82, 2.24) is 9.78 Å². The van der Waals surface area contributed by atoms with Crippen molar-refractivity contribution >= 4 is 11.6 Å². The molecule has 1 aromatic heterocycles. The van der Waals surface area contributed by atoms with E-state index in [4.69, 9.17) is 9.47 Å². The van der Waals surface area contributed by atoms with Gasteiger partial charge in [0.25, 0.3) is 5.91 Å². The molecule has 0 unspecified atom stereocenters. The zero-order chi connectivity index (χ0) is 17.3.